The fourth-order valence-corrected chi connectivity index (χ4v) is 3.26. The van der Waals surface area contributed by atoms with Crippen molar-refractivity contribution in [2.24, 2.45) is 0 Å². The molecule has 2 heterocycles. The monoisotopic (exact) mass is 364 g/mol. The Kier molecular flexibility index (Phi) is 7.08. The number of nitrogens with one attached hydrogen (secondary N) is 3. The molecule has 0 atom stereocenters. The molecule has 0 fully saturated rings. The van der Waals surface area contributed by atoms with Crippen molar-refractivity contribution in [3.63, 3.8) is 0 Å². The summed E-state index contributed by atoms with van der Waals surface area (Å²) in [5, 5.41) is 14.2. The van der Waals surface area contributed by atoms with Gasteiger partial charge in [0.15, 0.2) is 5.82 Å². The Morgan fingerprint density at radius 3 is 2.48 bits per heavy atom. The van der Waals surface area contributed by atoms with Gasteiger partial charge in [0.25, 0.3) is 0 Å². The smallest absolute Gasteiger partial charge is 0.211 e. The number of anilines is 3. The molecule has 2 aromatic heterocycles. The lowest BCUT2D eigenvalue weighted by Crippen LogP contribution is -2.31. The maximum absolute atomic E-state index is 11.7. The van der Waals surface area contributed by atoms with Gasteiger partial charge in [0.2, 0.25) is 10.0 Å². The minimum atomic E-state index is -3.19. The van der Waals surface area contributed by atoms with Crippen molar-refractivity contribution in [2.45, 2.75) is 26.7 Å². The molecule has 0 saturated heterocycles. The summed E-state index contributed by atoms with van der Waals surface area (Å²) in [6, 6.07) is 7.39. The van der Waals surface area contributed by atoms with Crippen LogP contribution in [0.15, 0.2) is 30.5 Å². The Bertz CT molecular complexity index is 764. The molecule has 3 N–H and O–H groups in total. The first kappa shape index (κ1) is 19.1. The summed E-state index contributed by atoms with van der Waals surface area (Å²) in [6.07, 6.45) is 3.24. The van der Waals surface area contributed by atoms with Crippen LogP contribution in [0.1, 0.15) is 25.3 Å². The van der Waals surface area contributed by atoms with Gasteiger partial charge in [0.05, 0.1) is 5.75 Å². The lowest BCUT2D eigenvalue weighted by Gasteiger charge is -2.08. The van der Waals surface area contributed by atoms with Gasteiger partial charge < -0.3 is 10.6 Å². The standard InChI is InChI=1S/C16H24N6O2S/c1-3-4-11-25(23,24)19-10-9-18-14-5-6-15(22-21-14)20-16-12-13(2)7-8-17-16/h5-8,12,19H,3-4,9-11H2,1-2H3,(H,18,21)(H,17,20,22). The molecular formula is C16H24N6O2S. The van der Waals surface area contributed by atoms with Gasteiger partial charge in [-0.1, -0.05) is 13.3 Å². The van der Waals surface area contributed by atoms with Crippen LogP contribution >= 0.6 is 0 Å². The number of aromatic nitrogens is 3. The van der Waals surface area contributed by atoms with Gasteiger partial charge in [-0.15, -0.1) is 10.2 Å². The first-order valence-electron chi connectivity index (χ1n) is 8.23. The summed E-state index contributed by atoms with van der Waals surface area (Å²) < 4.78 is 25.9. The molecule has 25 heavy (non-hydrogen) atoms. The Labute approximate surface area is 148 Å². The minimum Gasteiger partial charge on any atom is -0.367 e. The Morgan fingerprint density at radius 2 is 1.80 bits per heavy atom. The van der Waals surface area contributed by atoms with Crippen LogP contribution in [0, 0.1) is 6.92 Å². The third kappa shape index (κ3) is 7.02. The van der Waals surface area contributed by atoms with E-state index in [1.165, 1.54) is 0 Å². The van der Waals surface area contributed by atoms with Gasteiger partial charge in [-0.3, -0.25) is 0 Å². The highest BCUT2D eigenvalue weighted by atomic mass is 32.2. The van der Waals surface area contributed by atoms with Crippen LogP contribution in [-0.2, 0) is 10.0 Å². The van der Waals surface area contributed by atoms with Crippen LogP contribution in [0.5, 0.6) is 0 Å². The maximum Gasteiger partial charge on any atom is 0.211 e. The van der Waals surface area contributed by atoms with E-state index >= 15 is 0 Å². The average molecular weight is 364 g/mol. The summed E-state index contributed by atoms with van der Waals surface area (Å²) in [4.78, 5) is 4.20. The summed E-state index contributed by atoms with van der Waals surface area (Å²) in [6.45, 7) is 4.69. The topological polar surface area (TPSA) is 109 Å². The van der Waals surface area contributed by atoms with Crippen molar-refractivity contribution in [1.82, 2.24) is 19.9 Å². The molecule has 0 unspecified atom stereocenters. The molecule has 0 aliphatic heterocycles. The molecule has 2 aromatic rings. The van der Waals surface area contributed by atoms with Crippen LogP contribution in [0.25, 0.3) is 0 Å². The summed E-state index contributed by atoms with van der Waals surface area (Å²) >= 11 is 0. The number of aryl methyl sites for hydroxylation is 1. The van der Waals surface area contributed by atoms with Gasteiger partial charge in [0, 0.05) is 19.3 Å². The minimum absolute atomic E-state index is 0.163. The predicted octanol–water partition coefficient (Wildman–Crippen LogP) is 2.06. The first-order chi connectivity index (χ1) is 12.0. The van der Waals surface area contributed by atoms with E-state index in [4.69, 9.17) is 0 Å². The lowest BCUT2D eigenvalue weighted by atomic mass is 10.3. The number of hydrogen-bond acceptors (Lipinski definition) is 7. The van der Waals surface area contributed by atoms with Crippen LogP contribution in [0.4, 0.5) is 17.5 Å². The Morgan fingerprint density at radius 1 is 1.04 bits per heavy atom. The van der Waals surface area contributed by atoms with Gasteiger partial charge >= 0.3 is 0 Å². The van der Waals surface area contributed by atoms with E-state index in [-0.39, 0.29) is 5.75 Å². The largest absolute Gasteiger partial charge is 0.367 e. The van der Waals surface area contributed by atoms with Crippen molar-refractivity contribution in [2.75, 3.05) is 29.5 Å². The van der Waals surface area contributed by atoms with Crippen molar-refractivity contribution < 1.29 is 8.42 Å². The molecule has 0 aliphatic carbocycles. The summed E-state index contributed by atoms with van der Waals surface area (Å²) in [5.41, 5.74) is 1.10. The molecule has 0 spiro atoms. The lowest BCUT2D eigenvalue weighted by molar-refractivity contribution is 0.579. The molecule has 0 saturated carbocycles. The van der Waals surface area contributed by atoms with Gasteiger partial charge in [-0.05, 0) is 43.2 Å². The van der Waals surface area contributed by atoms with Crippen molar-refractivity contribution in [3.8, 4) is 0 Å². The third-order valence-electron chi connectivity index (χ3n) is 3.36. The fourth-order valence-electron chi connectivity index (χ4n) is 2.03. The molecule has 0 radical (unpaired) electrons. The van der Waals surface area contributed by atoms with Gasteiger partial charge in [-0.2, -0.15) is 0 Å². The molecule has 0 amide bonds. The van der Waals surface area contributed by atoms with Crippen molar-refractivity contribution in [1.29, 1.82) is 0 Å². The highest BCUT2D eigenvalue weighted by molar-refractivity contribution is 7.89. The second-order valence-corrected chi connectivity index (χ2v) is 7.57. The number of rotatable bonds is 10. The normalized spacial score (nSPS) is 11.3. The molecule has 2 rings (SSSR count). The van der Waals surface area contributed by atoms with E-state index in [1.54, 1.807) is 18.3 Å². The van der Waals surface area contributed by atoms with Crippen molar-refractivity contribution in [3.05, 3.63) is 36.0 Å². The molecular weight excluding hydrogens is 340 g/mol. The molecule has 0 aliphatic rings. The average Bonchev–Trinajstić information content (AvgIpc) is 2.58. The highest BCUT2D eigenvalue weighted by Gasteiger charge is 2.08. The van der Waals surface area contributed by atoms with E-state index in [0.29, 0.717) is 37.0 Å². The van der Waals surface area contributed by atoms with Crippen LogP contribution < -0.4 is 15.4 Å². The Balaban J connectivity index is 1.77. The van der Waals surface area contributed by atoms with Crippen LogP contribution in [-0.4, -0.2) is 42.4 Å². The predicted molar refractivity (Wildman–Crippen MR) is 99.5 cm³/mol. The van der Waals surface area contributed by atoms with Gasteiger partial charge in [-0.25, -0.2) is 18.1 Å². The number of hydrogen-bond donors (Lipinski definition) is 3. The number of unbranched alkanes of at least 4 members (excludes halogenated alkanes) is 1. The molecule has 136 valence electrons. The third-order valence-corrected chi connectivity index (χ3v) is 4.83. The van der Waals surface area contributed by atoms with Crippen molar-refractivity contribution >= 4 is 27.5 Å². The molecule has 9 heteroatoms. The Hall–Kier alpha value is -2.26. The number of pyridine rings is 1. The van der Waals surface area contributed by atoms with E-state index in [9.17, 15) is 8.42 Å². The van der Waals surface area contributed by atoms with Crippen LogP contribution in [0.3, 0.4) is 0 Å². The van der Waals surface area contributed by atoms with Gasteiger partial charge in [0.1, 0.15) is 11.6 Å². The quantitative estimate of drug-likeness (QED) is 0.554. The maximum atomic E-state index is 11.7. The summed E-state index contributed by atoms with van der Waals surface area (Å²) in [7, 11) is -3.19. The first-order valence-corrected chi connectivity index (χ1v) is 9.88. The second-order valence-electron chi connectivity index (χ2n) is 5.64. The zero-order valence-corrected chi connectivity index (χ0v) is 15.3. The van der Waals surface area contributed by atoms with E-state index in [2.05, 4.69) is 30.5 Å². The molecule has 0 aromatic carbocycles. The van der Waals surface area contributed by atoms with Crippen LogP contribution in [0.2, 0.25) is 0 Å². The zero-order valence-electron chi connectivity index (χ0n) is 14.5. The highest BCUT2D eigenvalue weighted by Crippen LogP contribution is 2.13. The second kappa shape index (κ2) is 9.28. The van der Waals surface area contributed by atoms with E-state index in [1.807, 2.05) is 26.0 Å². The number of nitrogens with zero attached hydrogens (tertiary/aromatic N) is 3. The van der Waals surface area contributed by atoms with E-state index in [0.717, 1.165) is 12.0 Å². The molecule has 8 nitrogen and oxygen atoms in total. The summed E-state index contributed by atoms with van der Waals surface area (Å²) in [5.74, 6) is 2.03. The SMILES string of the molecule is CCCCS(=O)(=O)NCCNc1ccc(Nc2cc(C)ccn2)nn1. The molecule has 0 bridgehead atoms. The zero-order chi connectivity index (χ0) is 18.1. The fraction of sp³-hybridized carbons (Fsp3) is 0.438. The number of sulfonamides is 1. The van der Waals surface area contributed by atoms with E-state index < -0.39 is 10.0 Å².